The Morgan fingerprint density at radius 3 is 2.73 bits per heavy atom. The second kappa shape index (κ2) is 7.95. The van der Waals surface area contributed by atoms with Gasteiger partial charge < -0.3 is 9.64 Å². The molecule has 1 saturated heterocycles. The molecular formula is C21H23FN4O3S. The molecule has 1 aromatic heterocycles. The van der Waals surface area contributed by atoms with Crippen LogP contribution in [0.4, 0.5) is 10.1 Å². The van der Waals surface area contributed by atoms with Crippen molar-refractivity contribution in [3.8, 4) is 6.07 Å². The molecule has 3 heterocycles. The summed E-state index contributed by atoms with van der Waals surface area (Å²) in [6, 6.07) is 9.25. The average Bonchev–Trinajstić information content (AvgIpc) is 3.32. The number of benzene rings is 1. The highest BCUT2D eigenvalue weighted by molar-refractivity contribution is 7.89. The number of hydrogen-bond donors (Lipinski definition) is 1. The molecule has 0 saturated carbocycles. The van der Waals surface area contributed by atoms with E-state index in [1.165, 1.54) is 24.4 Å². The third kappa shape index (κ3) is 3.67. The maximum atomic E-state index is 14.0. The highest BCUT2D eigenvalue weighted by atomic mass is 32.2. The van der Waals surface area contributed by atoms with Crippen molar-refractivity contribution < 1.29 is 17.5 Å². The SMILES string of the molecule is CC(C)NS(=O)(=O)c1ccc(C2C(C#N)c3cc(F)ccc3N2C2CCOC2)nc1. The average molecular weight is 431 g/mol. The summed E-state index contributed by atoms with van der Waals surface area (Å²) < 4.78 is 46.9. The molecule has 9 heteroatoms. The van der Waals surface area contributed by atoms with Crippen LogP contribution < -0.4 is 9.62 Å². The van der Waals surface area contributed by atoms with Gasteiger partial charge in [-0.25, -0.2) is 17.5 Å². The van der Waals surface area contributed by atoms with Crippen molar-refractivity contribution in [2.75, 3.05) is 18.1 Å². The molecule has 7 nitrogen and oxygen atoms in total. The number of hydrogen-bond acceptors (Lipinski definition) is 6. The van der Waals surface area contributed by atoms with E-state index in [-0.39, 0.29) is 17.0 Å². The first-order valence-corrected chi connectivity index (χ1v) is 11.3. The van der Waals surface area contributed by atoms with E-state index in [0.717, 1.165) is 12.1 Å². The molecule has 2 aliphatic rings. The van der Waals surface area contributed by atoms with Crippen LogP contribution in [-0.4, -0.2) is 38.7 Å². The summed E-state index contributed by atoms with van der Waals surface area (Å²) in [5, 5.41) is 9.91. The smallest absolute Gasteiger partial charge is 0.242 e. The third-order valence-electron chi connectivity index (χ3n) is 5.42. The molecular weight excluding hydrogens is 407 g/mol. The lowest BCUT2D eigenvalue weighted by molar-refractivity contribution is 0.192. The van der Waals surface area contributed by atoms with Crippen LogP contribution in [0.15, 0.2) is 41.4 Å². The van der Waals surface area contributed by atoms with Gasteiger partial charge in [0, 0.05) is 24.5 Å². The topological polar surface area (TPSA) is 95.3 Å². The molecule has 1 aromatic carbocycles. The van der Waals surface area contributed by atoms with Gasteiger partial charge in [-0.2, -0.15) is 5.26 Å². The third-order valence-corrected chi connectivity index (χ3v) is 7.06. The fraction of sp³-hybridized carbons (Fsp3) is 0.429. The van der Waals surface area contributed by atoms with Crippen molar-refractivity contribution in [2.24, 2.45) is 0 Å². The van der Waals surface area contributed by atoms with Gasteiger partial charge in [0.05, 0.1) is 36.4 Å². The standard InChI is InChI=1S/C21H23FN4O3S/c1-13(2)25-30(27,28)16-4-5-19(24-11-16)21-18(10-23)17-9-14(22)3-6-20(17)26(21)15-7-8-29-12-15/h3-6,9,11,13,15,18,21,25H,7-8,12H2,1-2H3. The van der Waals surface area contributed by atoms with E-state index in [1.54, 1.807) is 26.0 Å². The molecule has 0 spiro atoms. The number of nitrogens with zero attached hydrogens (tertiary/aromatic N) is 3. The minimum absolute atomic E-state index is 0.0328. The van der Waals surface area contributed by atoms with Crippen LogP contribution in [0.25, 0.3) is 0 Å². The van der Waals surface area contributed by atoms with Gasteiger partial charge in [-0.15, -0.1) is 0 Å². The Bertz CT molecular complexity index is 1080. The van der Waals surface area contributed by atoms with E-state index >= 15 is 0 Å². The Kier molecular flexibility index (Phi) is 5.49. The Labute approximate surface area is 175 Å². The van der Waals surface area contributed by atoms with Crippen molar-refractivity contribution in [1.29, 1.82) is 5.26 Å². The number of rotatable bonds is 5. The lowest BCUT2D eigenvalue weighted by atomic mass is 9.93. The van der Waals surface area contributed by atoms with Crippen molar-refractivity contribution in [3.63, 3.8) is 0 Å². The first-order chi connectivity index (χ1) is 14.3. The molecule has 4 rings (SSSR count). The van der Waals surface area contributed by atoms with Crippen molar-refractivity contribution in [2.45, 2.75) is 49.2 Å². The Balaban J connectivity index is 1.75. The molecule has 30 heavy (non-hydrogen) atoms. The summed E-state index contributed by atoms with van der Waals surface area (Å²) in [5.74, 6) is -1.02. The number of fused-ring (bicyclic) bond motifs is 1. The van der Waals surface area contributed by atoms with E-state index in [2.05, 4.69) is 20.7 Å². The molecule has 0 amide bonds. The van der Waals surface area contributed by atoms with Gasteiger partial charge in [0.15, 0.2) is 0 Å². The zero-order chi connectivity index (χ0) is 21.5. The van der Waals surface area contributed by atoms with Gasteiger partial charge >= 0.3 is 0 Å². The normalized spacial score (nSPS) is 23.6. The van der Waals surface area contributed by atoms with Gasteiger partial charge in [-0.3, -0.25) is 4.98 Å². The lowest BCUT2D eigenvalue weighted by Gasteiger charge is -2.33. The number of nitrogens with one attached hydrogen (secondary N) is 1. The van der Waals surface area contributed by atoms with Crippen LogP contribution in [-0.2, 0) is 14.8 Å². The zero-order valence-electron chi connectivity index (χ0n) is 16.7. The van der Waals surface area contributed by atoms with Gasteiger partial charge in [0.25, 0.3) is 0 Å². The molecule has 0 bridgehead atoms. The van der Waals surface area contributed by atoms with Crippen molar-refractivity contribution >= 4 is 15.7 Å². The van der Waals surface area contributed by atoms with E-state index in [1.807, 2.05) is 0 Å². The maximum absolute atomic E-state index is 14.0. The second-order valence-corrected chi connectivity index (χ2v) is 9.59. The van der Waals surface area contributed by atoms with Crippen LogP contribution in [0.5, 0.6) is 0 Å². The minimum Gasteiger partial charge on any atom is -0.379 e. The largest absolute Gasteiger partial charge is 0.379 e. The number of aromatic nitrogens is 1. The van der Waals surface area contributed by atoms with Crippen LogP contribution in [0, 0.1) is 17.1 Å². The van der Waals surface area contributed by atoms with Crippen molar-refractivity contribution in [1.82, 2.24) is 9.71 Å². The van der Waals surface area contributed by atoms with Gasteiger partial charge in [-0.1, -0.05) is 0 Å². The van der Waals surface area contributed by atoms with Gasteiger partial charge in [-0.05, 0) is 56.2 Å². The van der Waals surface area contributed by atoms with Crippen LogP contribution in [0.1, 0.15) is 43.5 Å². The predicted molar refractivity (Wildman–Crippen MR) is 109 cm³/mol. The van der Waals surface area contributed by atoms with Crippen molar-refractivity contribution in [3.05, 3.63) is 53.6 Å². The Morgan fingerprint density at radius 2 is 2.13 bits per heavy atom. The molecule has 2 aromatic rings. The van der Waals surface area contributed by atoms with Gasteiger partial charge in [0.2, 0.25) is 10.0 Å². The number of ether oxygens (including phenoxy) is 1. The quantitative estimate of drug-likeness (QED) is 0.784. The second-order valence-electron chi connectivity index (χ2n) is 7.87. The molecule has 3 atom stereocenters. The van der Waals surface area contributed by atoms with E-state index in [4.69, 9.17) is 4.74 Å². The fourth-order valence-corrected chi connectivity index (χ4v) is 5.41. The Hall–Kier alpha value is -2.54. The summed E-state index contributed by atoms with van der Waals surface area (Å²) in [4.78, 5) is 6.56. The van der Waals surface area contributed by atoms with E-state index in [9.17, 15) is 18.1 Å². The molecule has 1 fully saturated rings. The lowest BCUT2D eigenvalue weighted by Crippen LogP contribution is -2.38. The number of pyridine rings is 1. The summed E-state index contributed by atoms with van der Waals surface area (Å²) in [6.45, 7) is 4.62. The van der Waals surface area contributed by atoms with E-state index in [0.29, 0.717) is 24.5 Å². The summed E-state index contributed by atoms with van der Waals surface area (Å²) in [7, 11) is -3.67. The highest BCUT2D eigenvalue weighted by Crippen LogP contribution is 2.50. The molecule has 0 radical (unpaired) electrons. The van der Waals surface area contributed by atoms with Crippen LogP contribution in [0.2, 0.25) is 0 Å². The molecule has 2 aliphatic heterocycles. The number of sulfonamides is 1. The van der Waals surface area contributed by atoms with Crippen LogP contribution in [0.3, 0.4) is 0 Å². The molecule has 0 aliphatic carbocycles. The number of halogens is 1. The van der Waals surface area contributed by atoms with Crippen LogP contribution >= 0.6 is 0 Å². The summed E-state index contributed by atoms with van der Waals surface area (Å²) in [5.41, 5.74) is 1.98. The van der Waals surface area contributed by atoms with E-state index < -0.39 is 27.8 Å². The minimum atomic E-state index is -3.67. The van der Waals surface area contributed by atoms with Gasteiger partial charge in [0.1, 0.15) is 10.7 Å². The maximum Gasteiger partial charge on any atom is 0.242 e. The zero-order valence-corrected chi connectivity index (χ0v) is 17.6. The summed E-state index contributed by atoms with van der Waals surface area (Å²) in [6.07, 6.45) is 2.09. The number of anilines is 1. The predicted octanol–water partition coefficient (Wildman–Crippen LogP) is 2.86. The molecule has 158 valence electrons. The fourth-order valence-electron chi connectivity index (χ4n) is 4.21. The first-order valence-electron chi connectivity index (χ1n) is 9.85. The Morgan fingerprint density at radius 1 is 1.33 bits per heavy atom. The first kappa shape index (κ1) is 20.7. The number of nitriles is 1. The monoisotopic (exact) mass is 430 g/mol. The molecule has 1 N–H and O–H groups in total. The highest BCUT2D eigenvalue weighted by Gasteiger charge is 2.44. The molecule has 3 unspecified atom stereocenters. The summed E-state index contributed by atoms with van der Waals surface area (Å²) >= 11 is 0.